The summed E-state index contributed by atoms with van der Waals surface area (Å²) in [5.74, 6) is -0.908. The number of ether oxygens (including phenoxy) is 3. The molecule has 0 N–H and O–H groups in total. The van der Waals surface area contributed by atoms with Crippen LogP contribution in [0.25, 0.3) is 0 Å². The Labute approximate surface area is 476 Å². The fraction of sp³-hybridized carbons (Fsp3) is 0.704. The summed E-state index contributed by atoms with van der Waals surface area (Å²) in [7, 11) is 0. The van der Waals surface area contributed by atoms with Gasteiger partial charge in [0.15, 0.2) is 6.10 Å². The van der Waals surface area contributed by atoms with E-state index in [4.69, 9.17) is 14.2 Å². The van der Waals surface area contributed by atoms with Crippen molar-refractivity contribution in [1.82, 2.24) is 0 Å². The Balaban J connectivity index is 4.44. The SMILES string of the molecule is CC/C=C\C/C=C\C/C=C\C/C=C\C/C=C\CCCCCCCC(=O)OCC(COC(=O)CCCCCCCCCCC/C=C\C/C=C\CCCCC)OC(=O)CCCCCCCCCCC/C=C\C/C=C\CCCCC. The van der Waals surface area contributed by atoms with Crippen molar-refractivity contribution in [3.63, 3.8) is 0 Å². The predicted molar refractivity (Wildman–Crippen MR) is 334 cm³/mol. The van der Waals surface area contributed by atoms with Gasteiger partial charge in [-0.05, 0) is 128 Å². The number of allylic oxidation sites excluding steroid dienone is 18. The molecule has 6 nitrogen and oxygen atoms in total. The summed E-state index contributed by atoms with van der Waals surface area (Å²) in [5, 5.41) is 0. The van der Waals surface area contributed by atoms with Crippen molar-refractivity contribution < 1.29 is 28.6 Å². The van der Waals surface area contributed by atoms with Crippen LogP contribution in [0, 0.1) is 0 Å². The summed E-state index contributed by atoms with van der Waals surface area (Å²) in [5.41, 5.74) is 0. The number of carbonyl (C=O) groups excluding carboxylic acids is 3. The first kappa shape index (κ1) is 73.1. The standard InChI is InChI=1S/C71H120O6/c1-4-7-10-13-16-19-22-25-28-31-34-35-38-40-43-46-49-52-55-58-61-64-70(73)76-67-68(77-71(74)65-62-59-56-53-50-47-44-41-37-33-30-27-24-21-18-15-12-9-6-3)66-75-69(72)63-60-57-54-51-48-45-42-39-36-32-29-26-23-20-17-14-11-8-5-2/h7,10,16-21,25-30,34-35,40,43,68H,4-6,8-9,11-15,22-24,31-33,36-39,41-42,44-67H2,1-3H3/b10-7-,19-16-,20-17-,21-18-,28-25-,29-26-,30-27-,35-34-,43-40-. The summed E-state index contributed by atoms with van der Waals surface area (Å²) < 4.78 is 16.9. The van der Waals surface area contributed by atoms with Gasteiger partial charge in [0, 0.05) is 19.3 Å². The molecule has 0 aliphatic carbocycles. The Morgan fingerprint density at radius 3 is 0.792 bits per heavy atom. The molecule has 0 saturated carbocycles. The monoisotopic (exact) mass is 1070 g/mol. The summed E-state index contributed by atoms with van der Waals surface area (Å²) >= 11 is 0. The lowest BCUT2D eigenvalue weighted by atomic mass is 10.1. The fourth-order valence-electron chi connectivity index (χ4n) is 8.88. The van der Waals surface area contributed by atoms with Gasteiger partial charge in [-0.3, -0.25) is 14.4 Å². The first-order valence-corrected chi connectivity index (χ1v) is 32.4. The van der Waals surface area contributed by atoms with Crippen molar-refractivity contribution in [2.45, 2.75) is 309 Å². The highest BCUT2D eigenvalue weighted by molar-refractivity contribution is 5.71. The smallest absolute Gasteiger partial charge is 0.306 e. The van der Waals surface area contributed by atoms with Crippen molar-refractivity contribution in [3.05, 3.63) is 109 Å². The maximum absolute atomic E-state index is 12.9. The van der Waals surface area contributed by atoms with E-state index in [0.717, 1.165) is 122 Å². The molecule has 0 saturated heterocycles. The van der Waals surface area contributed by atoms with Crippen LogP contribution in [0.3, 0.4) is 0 Å². The molecule has 77 heavy (non-hydrogen) atoms. The number of unbranched alkanes of at least 4 members (excludes halogenated alkanes) is 29. The zero-order chi connectivity index (χ0) is 55.7. The minimum atomic E-state index is -0.794. The van der Waals surface area contributed by atoms with Gasteiger partial charge in [-0.25, -0.2) is 0 Å². The second-order valence-corrected chi connectivity index (χ2v) is 21.3. The minimum absolute atomic E-state index is 0.0888. The number of esters is 3. The molecule has 0 aliphatic heterocycles. The van der Waals surface area contributed by atoms with Crippen LogP contribution in [0.4, 0.5) is 0 Å². The van der Waals surface area contributed by atoms with Crippen LogP contribution in [-0.2, 0) is 28.6 Å². The molecule has 0 heterocycles. The van der Waals surface area contributed by atoms with E-state index in [9.17, 15) is 14.4 Å². The highest BCUT2D eigenvalue weighted by Gasteiger charge is 2.19. The molecular formula is C71H120O6. The first-order valence-electron chi connectivity index (χ1n) is 32.4. The third kappa shape index (κ3) is 62.8. The lowest BCUT2D eigenvalue weighted by molar-refractivity contribution is -0.167. The van der Waals surface area contributed by atoms with Gasteiger partial charge < -0.3 is 14.2 Å². The normalized spacial score (nSPS) is 12.8. The van der Waals surface area contributed by atoms with Gasteiger partial charge in [0.25, 0.3) is 0 Å². The van der Waals surface area contributed by atoms with Crippen molar-refractivity contribution in [1.29, 1.82) is 0 Å². The second kappa shape index (κ2) is 64.6. The predicted octanol–water partition coefficient (Wildman–Crippen LogP) is 22.2. The van der Waals surface area contributed by atoms with E-state index in [1.165, 1.54) is 141 Å². The van der Waals surface area contributed by atoms with Crippen LogP contribution < -0.4 is 0 Å². The van der Waals surface area contributed by atoms with Crippen LogP contribution in [0.1, 0.15) is 303 Å². The van der Waals surface area contributed by atoms with Gasteiger partial charge in [-0.15, -0.1) is 0 Å². The van der Waals surface area contributed by atoms with Crippen LogP contribution >= 0.6 is 0 Å². The Bertz CT molecular complexity index is 1560. The molecular weight excluding hydrogens is 949 g/mol. The van der Waals surface area contributed by atoms with E-state index in [1.54, 1.807) is 0 Å². The van der Waals surface area contributed by atoms with Crippen LogP contribution in [0.2, 0.25) is 0 Å². The van der Waals surface area contributed by atoms with Crippen molar-refractivity contribution >= 4 is 17.9 Å². The quantitative estimate of drug-likeness (QED) is 0.0261. The van der Waals surface area contributed by atoms with Crippen molar-refractivity contribution in [2.24, 2.45) is 0 Å². The summed E-state index contributed by atoms with van der Waals surface area (Å²) in [6, 6.07) is 0. The highest BCUT2D eigenvalue weighted by Crippen LogP contribution is 2.16. The maximum atomic E-state index is 12.9. The fourth-order valence-corrected chi connectivity index (χ4v) is 8.88. The average Bonchev–Trinajstić information content (AvgIpc) is 3.43. The van der Waals surface area contributed by atoms with Gasteiger partial charge in [0.05, 0.1) is 0 Å². The molecule has 440 valence electrons. The molecule has 1 unspecified atom stereocenters. The van der Waals surface area contributed by atoms with E-state index in [0.29, 0.717) is 19.3 Å². The van der Waals surface area contributed by atoms with Gasteiger partial charge >= 0.3 is 17.9 Å². The maximum Gasteiger partial charge on any atom is 0.306 e. The molecule has 0 amide bonds. The lowest BCUT2D eigenvalue weighted by Crippen LogP contribution is -2.30. The zero-order valence-corrected chi connectivity index (χ0v) is 50.4. The van der Waals surface area contributed by atoms with Gasteiger partial charge in [0.1, 0.15) is 13.2 Å². The molecule has 0 rings (SSSR count). The summed E-state index contributed by atoms with van der Waals surface area (Å²) in [4.78, 5) is 38.4. The van der Waals surface area contributed by atoms with Gasteiger partial charge in [-0.2, -0.15) is 0 Å². The summed E-state index contributed by atoms with van der Waals surface area (Å²) in [6.07, 6.45) is 87.9. The van der Waals surface area contributed by atoms with E-state index >= 15 is 0 Å². The van der Waals surface area contributed by atoms with Gasteiger partial charge in [-0.1, -0.05) is 265 Å². The molecule has 0 aromatic carbocycles. The highest BCUT2D eigenvalue weighted by atomic mass is 16.6. The van der Waals surface area contributed by atoms with Gasteiger partial charge in [0.2, 0.25) is 0 Å². The molecule has 0 aliphatic rings. The molecule has 0 radical (unpaired) electrons. The van der Waals surface area contributed by atoms with Crippen LogP contribution in [0.15, 0.2) is 109 Å². The van der Waals surface area contributed by atoms with Crippen LogP contribution in [0.5, 0.6) is 0 Å². The van der Waals surface area contributed by atoms with E-state index in [-0.39, 0.29) is 31.1 Å². The summed E-state index contributed by atoms with van der Waals surface area (Å²) in [6.45, 7) is 6.48. The average molecular weight is 1070 g/mol. The molecule has 1 atom stereocenters. The van der Waals surface area contributed by atoms with E-state index in [1.807, 2.05) is 0 Å². The lowest BCUT2D eigenvalue weighted by Gasteiger charge is -2.18. The molecule has 6 heteroatoms. The minimum Gasteiger partial charge on any atom is -0.462 e. The molecule has 0 aromatic rings. The number of hydrogen-bond donors (Lipinski definition) is 0. The Morgan fingerprint density at radius 2 is 0.506 bits per heavy atom. The number of carbonyl (C=O) groups is 3. The first-order chi connectivity index (χ1) is 38.0. The topological polar surface area (TPSA) is 78.9 Å². The van der Waals surface area contributed by atoms with Crippen molar-refractivity contribution in [2.75, 3.05) is 13.2 Å². The van der Waals surface area contributed by atoms with Crippen molar-refractivity contribution in [3.8, 4) is 0 Å². The third-order valence-electron chi connectivity index (χ3n) is 13.7. The molecule has 0 aromatic heterocycles. The van der Waals surface area contributed by atoms with E-state index in [2.05, 4.69) is 130 Å². The Kier molecular flexibility index (Phi) is 61.3. The largest absolute Gasteiger partial charge is 0.462 e. The second-order valence-electron chi connectivity index (χ2n) is 21.3. The number of hydrogen-bond acceptors (Lipinski definition) is 6. The van der Waals surface area contributed by atoms with Crippen LogP contribution in [-0.4, -0.2) is 37.2 Å². The van der Waals surface area contributed by atoms with E-state index < -0.39 is 6.10 Å². The molecule has 0 fully saturated rings. The molecule has 0 spiro atoms. The third-order valence-corrected chi connectivity index (χ3v) is 13.7. The molecule has 0 bridgehead atoms. The number of rotatable bonds is 58. The Morgan fingerprint density at radius 1 is 0.273 bits per heavy atom. The Hall–Kier alpha value is -3.93. The zero-order valence-electron chi connectivity index (χ0n) is 50.4.